The van der Waals surface area contributed by atoms with Gasteiger partial charge in [-0.3, -0.25) is 5.01 Å². The summed E-state index contributed by atoms with van der Waals surface area (Å²) in [6, 6.07) is 8.27. The summed E-state index contributed by atoms with van der Waals surface area (Å²) in [7, 11) is 1.88. The topological polar surface area (TPSA) is 35.8 Å². The van der Waals surface area contributed by atoms with Crippen molar-refractivity contribution in [2.24, 2.45) is 11.0 Å². The molecule has 1 saturated carbocycles. The zero-order valence-corrected chi connectivity index (χ0v) is 12.0. The maximum atomic E-state index is 10.5. The van der Waals surface area contributed by atoms with Crippen LogP contribution >= 0.6 is 15.9 Å². The fourth-order valence-corrected chi connectivity index (χ4v) is 3.27. The fraction of sp³-hybridized carbons (Fsp3) is 0.500. The number of nitrogens with zero attached hydrogens (tertiary/aromatic N) is 2. The number of aliphatic hydroxyl groups is 1. The molecule has 3 nitrogen and oxygen atoms in total. The molecule has 0 spiro atoms. The average molecular weight is 309 g/mol. The number of hydrazone groups is 1. The lowest BCUT2D eigenvalue weighted by molar-refractivity contribution is -0.133. The van der Waals surface area contributed by atoms with Crippen LogP contribution in [0.5, 0.6) is 0 Å². The van der Waals surface area contributed by atoms with E-state index in [0.717, 1.165) is 35.9 Å². The van der Waals surface area contributed by atoms with Gasteiger partial charge in [-0.25, -0.2) is 0 Å². The van der Waals surface area contributed by atoms with Gasteiger partial charge in [0.25, 0.3) is 0 Å². The monoisotopic (exact) mass is 308 g/mol. The summed E-state index contributed by atoms with van der Waals surface area (Å²) >= 11 is 3.45. The van der Waals surface area contributed by atoms with Crippen molar-refractivity contribution in [3.8, 4) is 0 Å². The Morgan fingerprint density at radius 3 is 2.83 bits per heavy atom. The molecular formula is C14H17BrN2O. The molecule has 0 amide bonds. The van der Waals surface area contributed by atoms with Crippen LogP contribution in [0.1, 0.15) is 31.2 Å². The third-order valence-electron chi connectivity index (χ3n) is 4.09. The van der Waals surface area contributed by atoms with Crippen LogP contribution in [-0.4, -0.2) is 28.6 Å². The van der Waals surface area contributed by atoms with E-state index >= 15 is 0 Å². The first kappa shape index (κ1) is 12.2. The van der Waals surface area contributed by atoms with E-state index in [2.05, 4.69) is 33.2 Å². The number of rotatable bonds is 1. The molecule has 1 aliphatic carbocycles. The minimum atomic E-state index is -0.720. The molecule has 1 N–H and O–H groups in total. The second-order valence-electron chi connectivity index (χ2n) is 5.29. The molecule has 2 bridgehead atoms. The summed E-state index contributed by atoms with van der Waals surface area (Å²) in [5, 5.41) is 16.9. The summed E-state index contributed by atoms with van der Waals surface area (Å²) < 4.78 is 1.08. The van der Waals surface area contributed by atoms with Gasteiger partial charge < -0.3 is 5.11 Å². The highest BCUT2D eigenvalue weighted by Gasteiger charge is 2.43. The first-order chi connectivity index (χ1) is 8.58. The standard InChI is InChI=1S/C14H17BrN2O/c1-17-14(18)8-2-3-11(9-14)13(16-17)10-4-6-12(15)7-5-10/h4-7,11,18H,2-3,8-9H2,1H3/t11-,14-/m0/s1. The Morgan fingerprint density at radius 1 is 1.39 bits per heavy atom. The van der Waals surface area contributed by atoms with Crippen molar-refractivity contribution in [3.05, 3.63) is 34.3 Å². The van der Waals surface area contributed by atoms with E-state index in [1.165, 1.54) is 5.56 Å². The van der Waals surface area contributed by atoms with Gasteiger partial charge >= 0.3 is 0 Å². The molecule has 18 heavy (non-hydrogen) atoms. The number of benzene rings is 1. The highest BCUT2D eigenvalue weighted by atomic mass is 79.9. The summed E-state index contributed by atoms with van der Waals surface area (Å²) in [6.07, 6.45) is 3.83. The van der Waals surface area contributed by atoms with Gasteiger partial charge in [0.2, 0.25) is 0 Å². The zero-order chi connectivity index (χ0) is 12.8. The van der Waals surface area contributed by atoms with E-state index in [9.17, 15) is 5.11 Å². The lowest BCUT2D eigenvalue weighted by Crippen LogP contribution is -2.52. The second kappa shape index (κ2) is 4.35. The number of halogens is 1. The Kier molecular flexibility index (Phi) is 2.94. The maximum absolute atomic E-state index is 10.5. The molecular weight excluding hydrogens is 292 g/mol. The Hall–Kier alpha value is -0.870. The Morgan fingerprint density at radius 2 is 2.11 bits per heavy atom. The first-order valence-electron chi connectivity index (χ1n) is 6.39. The van der Waals surface area contributed by atoms with Crippen LogP contribution in [0, 0.1) is 5.92 Å². The number of fused-ring (bicyclic) bond motifs is 2. The molecule has 0 unspecified atom stereocenters. The molecule has 0 aromatic heterocycles. The zero-order valence-electron chi connectivity index (χ0n) is 10.4. The Balaban J connectivity index is 1.99. The van der Waals surface area contributed by atoms with Gasteiger partial charge in [0.15, 0.2) is 5.72 Å². The van der Waals surface area contributed by atoms with Crippen LogP contribution in [-0.2, 0) is 0 Å². The summed E-state index contributed by atoms with van der Waals surface area (Å²) in [4.78, 5) is 0. The molecule has 1 aromatic carbocycles. The molecule has 1 aromatic rings. The van der Waals surface area contributed by atoms with Crippen LogP contribution < -0.4 is 0 Å². The van der Waals surface area contributed by atoms with Crippen molar-refractivity contribution < 1.29 is 5.11 Å². The van der Waals surface area contributed by atoms with Crippen molar-refractivity contribution in [2.45, 2.75) is 31.4 Å². The number of hydrogen-bond acceptors (Lipinski definition) is 3. The van der Waals surface area contributed by atoms with Crippen LogP contribution in [0.2, 0.25) is 0 Å². The highest BCUT2D eigenvalue weighted by molar-refractivity contribution is 9.10. The van der Waals surface area contributed by atoms with Gasteiger partial charge in [-0.15, -0.1) is 0 Å². The molecule has 0 radical (unpaired) electrons. The van der Waals surface area contributed by atoms with E-state index in [1.807, 2.05) is 19.2 Å². The third kappa shape index (κ3) is 1.97. The molecule has 2 atom stereocenters. The first-order valence-corrected chi connectivity index (χ1v) is 7.18. The lowest BCUT2D eigenvalue weighted by atomic mass is 9.77. The molecule has 3 rings (SSSR count). The van der Waals surface area contributed by atoms with Crippen LogP contribution in [0.3, 0.4) is 0 Å². The molecule has 1 fully saturated rings. The predicted molar refractivity (Wildman–Crippen MR) is 75.3 cm³/mol. The molecule has 0 saturated heterocycles. The van der Waals surface area contributed by atoms with E-state index in [-0.39, 0.29) is 0 Å². The average Bonchev–Trinajstić information content (AvgIpc) is 2.36. The largest absolute Gasteiger partial charge is 0.369 e. The summed E-state index contributed by atoms with van der Waals surface area (Å²) in [5.41, 5.74) is 1.57. The molecule has 96 valence electrons. The Labute approximate surface area is 116 Å². The minimum absolute atomic E-state index is 0.390. The second-order valence-corrected chi connectivity index (χ2v) is 6.21. The SMILES string of the molecule is CN1N=C(c2ccc(Br)cc2)[C@H]2CCC[C@]1(O)C2. The normalized spacial score (nSPS) is 31.2. The van der Waals surface area contributed by atoms with Crippen molar-refractivity contribution in [3.63, 3.8) is 0 Å². The third-order valence-corrected chi connectivity index (χ3v) is 4.62. The van der Waals surface area contributed by atoms with E-state index in [4.69, 9.17) is 0 Å². The van der Waals surface area contributed by atoms with Gasteiger partial charge in [-0.1, -0.05) is 28.1 Å². The van der Waals surface area contributed by atoms with Crippen molar-refractivity contribution in [1.29, 1.82) is 0 Å². The van der Waals surface area contributed by atoms with Gasteiger partial charge in [0, 0.05) is 23.9 Å². The fourth-order valence-electron chi connectivity index (χ4n) is 3.01. The van der Waals surface area contributed by atoms with Gasteiger partial charge in [-0.2, -0.15) is 5.10 Å². The Bertz CT molecular complexity index is 485. The van der Waals surface area contributed by atoms with Gasteiger partial charge in [0.05, 0.1) is 5.71 Å². The molecule has 1 aliphatic heterocycles. The smallest absolute Gasteiger partial charge is 0.153 e. The number of hydrogen-bond donors (Lipinski definition) is 1. The quantitative estimate of drug-likeness (QED) is 0.866. The van der Waals surface area contributed by atoms with Crippen molar-refractivity contribution in [1.82, 2.24) is 5.01 Å². The van der Waals surface area contributed by atoms with Gasteiger partial charge in [-0.05, 0) is 37.0 Å². The molecule has 2 aliphatic rings. The molecule has 1 heterocycles. The maximum Gasteiger partial charge on any atom is 0.153 e. The van der Waals surface area contributed by atoms with Crippen LogP contribution in [0.4, 0.5) is 0 Å². The van der Waals surface area contributed by atoms with Crippen LogP contribution in [0.15, 0.2) is 33.8 Å². The van der Waals surface area contributed by atoms with Crippen LogP contribution in [0.25, 0.3) is 0 Å². The van der Waals surface area contributed by atoms with E-state index < -0.39 is 5.72 Å². The molecule has 4 heteroatoms. The van der Waals surface area contributed by atoms with Crippen molar-refractivity contribution >= 4 is 21.6 Å². The van der Waals surface area contributed by atoms with E-state index in [1.54, 1.807) is 5.01 Å². The summed E-state index contributed by atoms with van der Waals surface area (Å²) in [5.74, 6) is 0.390. The van der Waals surface area contributed by atoms with Gasteiger partial charge in [0.1, 0.15) is 0 Å². The summed E-state index contributed by atoms with van der Waals surface area (Å²) in [6.45, 7) is 0. The minimum Gasteiger partial charge on any atom is -0.369 e. The van der Waals surface area contributed by atoms with Crippen molar-refractivity contribution in [2.75, 3.05) is 7.05 Å². The predicted octanol–water partition coefficient (Wildman–Crippen LogP) is 2.98. The lowest BCUT2D eigenvalue weighted by Gasteiger charge is -2.46. The van der Waals surface area contributed by atoms with E-state index in [0.29, 0.717) is 5.92 Å². The highest BCUT2D eigenvalue weighted by Crippen LogP contribution is 2.40.